The Bertz CT molecular complexity index is 3720. The first-order valence-corrected chi connectivity index (χ1v) is 23.8. The zero-order valence-corrected chi connectivity index (χ0v) is 37.6. The monoisotopic (exact) mass is 852 g/mol. The van der Waals surface area contributed by atoms with Crippen molar-refractivity contribution in [2.45, 2.75) is 45.1 Å². The van der Waals surface area contributed by atoms with Gasteiger partial charge in [0.15, 0.2) is 0 Å². The van der Waals surface area contributed by atoms with Gasteiger partial charge in [0, 0.05) is 36.5 Å². The minimum Gasteiger partial charge on any atom is -0.308 e. The lowest BCUT2D eigenvalue weighted by Gasteiger charge is -2.23. The molecular weight excluding hydrogens is 805 g/mol. The van der Waals surface area contributed by atoms with Gasteiger partial charge in [0.25, 0.3) is 0 Å². The molecule has 0 N–H and O–H groups in total. The molecule has 0 radical (unpaired) electrons. The first-order valence-electron chi connectivity index (χ1n) is 22.9. The largest absolute Gasteiger partial charge is 0.308 e. The molecule has 1 aliphatic rings. The number of hydrogen-bond donors (Lipinski definition) is 0. The standard InChI is InChI=1S/C62H48N2S/c1-39(2)62(63-56(50-25-15-24-45(32-50)41-16-5-4-6-17-41)30-40(3)43-29-28-42-18-7-8-19-44(42)31-43)55-38-61-54(51-26-13-14-27-60(51)65-61)37-59(55)64-57-35-48-22-11-9-20-46(48)33-52(57)53-34-47-21-10-12-23-49(47)36-58(53)64/h4-5,7-16,18-29,31-38,40,56H,1,6,17,30H2,2-3H3. The average Bonchev–Trinajstić information content (AvgIpc) is 3.87. The van der Waals surface area contributed by atoms with Crippen LogP contribution in [0, 0.1) is 0 Å². The molecule has 9 aromatic carbocycles. The summed E-state index contributed by atoms with van der Waals surface area (Å²) in [4.78, 5) is 6.00. The summed E-state index contributed by atoms with van der Waals surface area (Å²) in [5.41, 5.74) is 11.7. The number of allylic oxidation sites excluding steroid dienone is 5. The van der Waals surface area contributed by atoms with Gasteiger partial charge in [-0.25, -0.2) is 0 Å². The molecule has 11 aromatic rings. The first kappa shape index (κ1) is 39.3. The molecule has 12 rings (SSSR count). The van der Waals surface area contributed by atoms with Gasteiger partial charge in [0.1, 0.15) is 0 Å². The molecule has 3 heteroatoms. The van der Waals surface area contributed by atoms with Gasteiger partial charge in [-0.15, -0.1) is 11.3 Å². The highest BCUT2D eigenvalue weighted by Crippen LogP contribution is 2.43. The lowest BCUT2D eigenvalue weighted by atomic mass is 9.88. The number of aliphatic imine (C=N–C) groups is 1. The van der Waals surface area contributed by atoms with Gasteiger partial charge in [0.2, 0.25) is 0 Å². The maximum Gasteiger partial charge on any atom is 0.0762 e. The molecule has 0 fully saturated rings. The summed E-state index contributed by atoms with van der Waals surface area (Å²) in [5, 5.41) is 12.5. The van der Waals surface area contributed by atoms with Gasteiger partial charge in [-0.1, -0.05) is 159 Å². The van der Waals surface area contributed by atoms with Crippen LogP contribution < -0.4 is 0 Å². The summed E-state index contributed by atoms with van der Waals surface area (Å²) in [6.07, 6.45) is 9.69. The van der Waals surface area contributed by atoms with Crippen LogP contribution in [0.1, 0.15) is 67.3 Å². The summed E-state index contributed by atoms with van der Waals surface area (Å²) < 4.78 is 5.06. The quantitative estimate of drug-likeness (QED) is 0.129. The van der Waals surface area contributed by atoms with Crippen molar-refractivity contribution in [3.05, 3.63) is 229 Å². The SMILES string of the molecule is C=C(C)C(=NC(CC(C)c1ccc2ccccc2c1)c1cccc(C2=CC=CCC2)c1)c1cc2sc3ccccc3c2cc1-n1c2cc3ccccc3cc2c2cc3ccccc3cc21. The fourth-order valence-electron chi connectivity index (χ4n) is 10.4. The van der Waals surface area contributed by atoms with Gasteiger partial charge in [-0.05, 0) is 141 Å². The zero-order valence-electron chi connectivity index (χ0n) is 36.8. The molecule has 1 aliphatic carbocycles. The lowest BCUT2D eigenvalue weighted by Crippen LogP contribution is -2.12. The van der Waals surface area contributed by atoms with Gasteiger partial charge in [0.05, 0.1) is 28.5 Å². The molecule has 2 aromatic heterocycles. The summed E-state index contributed by atoms with van der Waals surface area (Å²) >= 11 is 1.86. The number of aromatic nitrogens is 1. The van der Waals surface area contributed by atoms with E-state index in [2.05, 4.69) is 213 Å². The van der Waals surface area contributed by atoms with E-state index in [0.717, 1.165) is 41.8 Å². The van der Waals surface area contributed by atoms with E-state index in [4.69, 9.17) is 11.6 Å². The van der Waals surface area contributed by atoms with Gasteiger partial charge >= 0.3 is 0 Å². The van der Waals surface area contributed by atoms with Crippen LogP contribution in [-0.4, -0.2) is 10.3 Å². The van der Waals surface area contributed by atoms with Crippen molar-refractivity contribution in [1.29, 1.82) is 0 Å². The van der Waals surface area contributed by atoms with E-state index in [1.807, 2.05) is 11.3 Å². The summed E-state index contributed by atoms with van der Waals surface area (Å²) in [6, 6.07) is 65.5. The van der Waals surface area contributed by atoms with E-state index in [-0.39, 0.29) is 12.0 Å². The number of thiophene rings is 1. The van der Waals surface area contributed by atoms with Crippen LogP contribution in [0.3, 0.4) is 0 Å². The number of benzene rings is 9. The molecule has 312 valence electrons. The number of rotatable bonds is 9. The highest BCUT2D eigenvalue weighted by atomic mass is 32.1. The minimum absolute atomic E-state index is 0.139. The molecule has 2 nitrogen and oxygen atoms in total. The van der Waals surface area contributed by atoms with Crippen LogP contribution in [0.2, 0.25) is 0 Å². The van der Waals surface area contributed by atoms with E-state index >= 15 is 0 Å². The highest BCUT2D eigenvalue weighted by molar-refractivity contribution is 7.25. The van der Waals surface area contributed by atoms with E-state index in [9.17, 15) is 0 Å². The normalized spacial score (nSPS) is 14.3. The van der Waals surface area contributed by atoms with Crippen molar-refractivity contribution >= 4 is 96.9 Å². The third-order valence-corrected chi connectivity index (χ3v) is 14.9. The van der Waals surface area contributed by atoms with Crippen molar-refractivity contribution in [2.75, 3.05) is 0 Å². The molecule has 2 heterocycles. The van der Waals surface area contributed by atoms with Crippen LogP contribution in [0.4, 0.5) is 0 Å². The second-order valence-electron chi connectivity index (χ2n) is 18.0. The topological polar surface area (TPSA) is 17.3 Å². The number of fused-ring (bicyclic) bond motifs is 9. The van der Waals surface area contributed by atoms with Gasteiger partial charge in [-0.3, -0.25) is 4.99 Å². The van der Waals surface area contributed by atoms with Crippen molar-refractivity contribution in [2.24, 2.45) is 4.99 Å². The van der Waals surface area contributed by atoms with Gasteiger partial charge < -0.3 is 4.57 Å². The van der Waals surface area contributed by atoms with Crippen LogP contribution in [0.25, 0.3) is 85.6 Å². The summed E-state index contributed by atoms with van der Waals surface area (Å²) in [6.45, 7) is 9.25. The first-order chi connectivity index (χ1) is 31.9. The highest BCUT2D eigenvalue weighted by Gasteiger charge is 2.24. The Balaban J connectivity index is 1.13. The fourth-order valence-corrected chi connectivity index (χ4v) is 11.5. The van der Waals surface area contributed by atoms with E-state index in [0.29, 0.717) is 0 Å². The molecule has 0 saturated carbocycles. The molecule has 0 amide bonds. The molecule has 0 bridgehead atoms. The van der Waals surface area contributed by atoms with Crippen molar-refractivity contribution in [1.82, 2.24) is 4.57 Å². The Morgan fingerprint density at radius 1 is 0.600 bits per heavy atom. The van der Waals surface area contributed by atoms with Gasteiger partial charge in [-0.2, -0.15) is 0 Å². The van der Waals surface area contributed by atoms with Crippen molar-refractivity contribution in [3.8, 4) is 5.69 Å². The smallest absolute Gasteiger partial charge is 0.0762 e. The van der Waals surface area contributed by atoms with E-state index in [1.165, 1.54) is 96.6 Å². The minimum atomic E-state index is -0.139. The molecule has 0 spiro atoms. The lowest BCUT2D eigenvalue weighted by molar-refractivity contribution is 0.577. The molecule has 2 unspecified atom stereocenters. The molecule has 65 heavy (non-hydrogen) atoms. The predicted molar refractivity (Wildman–Crippen MR) is 283 cm³/mol. The second kappa shape index (κ2) is 16.0. The van der Waals surface area contributed by atoms with Crippen LogP contribution in [-0.2, 0) is 0 Å². The predicted octanol–water partition coefficient (Wildman–Crippen LogP) is 17.6. The Kier molecular flexibility index (Phi) is 9.69. The van der Waals surface area contributed by atoms with Crippen molar-refractivity contribution < 1.29 is 0 Å². The molecular formula is C62H48N2S. The fraction of sp³-hybridized carbons (Fsp3) is 0.113. The zero-order chi connectivity index (χ0) is 43.6. The molecule has 0 saturated heterocycles. The average molecular weight is 853 g/mol. The Morgan fingerprint density at radius 3 is 1.92 bits per heavy atom. The maximum atomic E-state index is 6.00. The van der Waals surface area contributed by atoms with Crippen LogP contribution in [0.15, 0.2) is 211 Å². The Morgan fingerprint density at radius 2 is 1.25 bits per heavy atom. The van der Waals surface area contributed by atoms with E-state index < -0.39 is 0 Å². The number of hydrogen-bond acceptors (Lipinski definition) is 2. The maximum absolute atomic E-state index is 6.00. The third-order valence-electron chi connectivity index (χ3n) is 13.8. The Hall–Kier alpha value is -7.33. The molecule has 2 atom stereocenters. The summed E-state index contributed by atoms with van der Waals surface area (Å²) in [7, 11) is 0. The molecule has 0 aliphatic heterocycles. The van der Waals surface area contributed by atoms with Crippen molar-refractivity contribution in [3.63, 3.8) is 0 Å². The second-order valence-corrected chi connectivity index (χ2v) is 19.1. The number of nitrogens with zero attached hydrogens (tertiary/aromatic N) is 2. The summed E-state index contributed by atoms with van der Waals surface area (Å²) in [5.74, 6) is 0.239. The van der Waals surface area contributed by atoms with Crippen LogP contribution >= 0.6 is 11.3 Å². The van der Waals surface area contributed by atoms with Crippen LogP contribution in [0.5, 0.6) is 0 Å². The van der Waals surface area contributed by atoms with E-state index in [1.54, 1.807) is 0 Å². The third kappa shape index (κ3) is 6.99. The Labute approximate surface area is 383 Å².